The minimum absolute atomic E-state index is 0.0686. The highest BCUT2D eigenvalue weighted by Gasteiger charge is 2.30. The molecule has 128 valence electrons. The highest BCUT2D eigenvalue weighted by Crippen LogP contribution is 2.28. The van der Waals surface area contributed by atoms with Gasteiger partial charge >= 0.3 is 0 Å². The van der Waals surface area contributed by atoms with E-state index in [9.17, 15) is 4.79 Å². The Balaban J connectivity index is 1.81. The van der Waals surface area contributed by atoms with E-state index in [0.717, 1.165) is 5.56 Å². The molecule has 1 aromatic heterocycles. The Morgan fingerprint density at radius 2 is 1.64 bits per heavy atom. The van der Waals surface area contributed by atoms with Crippen molar-refractivity contribution in [1.29, 1.82) is 0 Å². The van der Waals surface area contributed by atoms with Crippen LogP contribution in [-0.4, -0.2) is 17.1 Å². The highest BCUT2D eigenvalue weighted by molar-refractivity contribution is 5.99. The molecule has 4 nitrogen and oxygen atoms in total. The number of nitrogens with zero attached hydrogens (tertiary/aromatic N) is 1. The van der Waals surface area contributed by atoms with E-state index < -0.39 is 0 Å². The van der Waals surface area contributed by atoms with Crippen molar-refractivity contribution in [2.45, 2.75) is 32.2 Å². The molecule has 0 aliphatic heterocycles. The minimum atomic E-state index is -0.207. The SMILES string of the molecule is CC(NC(=O)c1cnoc1-c1ccccc1)C(C)(C)c1ccccc1. The topological polar surface area (TPSA) is 55.1 Å². The van der Waals surface area contributed by atoms with Crippen LogP contribution >= 0.6 is 0 Å². The average molecular weight is 334 g/mol. The highest BCUT2D eigenvalue weighted by atomic mass is 16.5. The molecule has 1 unspecified atom stereocenters. The molecule has 2 aromatic carbocycles. The predicted octanol–water partition coefficient (Wildman–Crippen LogP) is 4.44. The van der Waals surface area contributed by atoms with Gasteiger partial charge in [0.1, 0.15) is 5.56 Å². The first-order valence-corrected chi connectivity index (χ1v) is 8.36. The van der Waals surface area contributed by atoms with Crippen LogP contribution in [0.3, 0.4) is 0 Å². The number of hydrogen-bond donors (Lipinski definition) is 1. The van der Waals surface area contributed by atoms with Crippen molar-refractivity contribution in [2.24, 2.45) is 0 Å². The Hall–Kier alpha value is -2.88. The van der Waals surface area contributed by atoms with E-state index in [1.807, 2.05) is 55.5 Å². The van der Waals surface area contributed by atoms with Gasteiger partial charge in [0.2, 0.25) is 0 Å². The fourth-order valence-electron chi connectivity index (χ4n) is 2.77. The first kappa shape index (κ1) is 17.0. The number of hydrogen-bond acceptors (Lipinski definition) is 3. The Morgan fingerprint density at radius 1 is 1.04 bits per heavy atom. The van der Waals surface area contributed by atoms with E-state index >= 15 is 0 Å². The van der Waals surface area contributed by atoms with Crippen molar-refractivity contribution in [3.05, 3.63) is 78.0 Å². The molecule has 1 N–H and O–H groups in total. The molecule has 0 radical (unpaired) electrons. The van der Waals surface area contributed by atoms with Gasteiger partial charge in [-0.1, -0.05) is 79.7 Å². The van der Waals surface area contributed by atoms with Crippen LogP contribution in [0.1, 0.15) is 36.7 Å². The second-order valence-electron chi connectivity index (χ2n) is 6.72. The van der Waals surface area contributed by atoms with E-state index in [0.29, 0.717) is 11.3 Å². The van der Waals surface area contributed by atoms with Crippen molar-refractivity contribution in [1.82, 2.24) is 10.5 Å². The number of benzene rings is 2. The smallest absolute Gasteiger partial charge is 0.257 e. The number of rotatable bonds is 5. The molecule has 3 aromatic rings. The van der Waals surface area contributed by atoms with Crippen molar-refractivity contribution < 1.29 is 9.32 Å². The zero-order valence-electron chi connectivity index (χ0n) is 14.7. The van der Waals surface area contributed by atoms with Crippen molar-refractivity contribution in [3.8, 4) is 11.3 Å². The third-order valence-corrected chi connectivity index (χ3v) is 4.80. The molecular formula is C21H22N2O2. The molecule has 0 saturated carbocycles. The minimum Gasteiger partial charge on any atom is -0.355 e. The maximum atomic E-state index is 12.8. The normalized spacial score (nSPS) is 12.6. The van der Waals surface area contributed by atoms with Gasteiger partial charge in [-0.2, -0.15) is 0 Å². The molecule has 1 heterocycles. The molecule has 0 aliphatic rings. The molecule has 4 heteroatoms. The van der Waals surface area contributed by atoms with Gasteiger partial charge in [-0.05, 0) is 12.5 Å². The molecule has 0 bridgehead atoms. The largest absolute Gasteiger partial charge is 0.355 e. The molecule has 25 heavy (non-hydrogen) atoms. The quantitative estimate of drug-likeness (QED) is 0.750. The van der Waals surface area contributed by atoms with E-state index in [1.54, 1.807) is 0 Å². The van der Waals surface area contributed by atoms with Gasteiger partial charge in [-0.3, -0.25) is 4.79 Å². The molecule has 1 amide bonds. The summed E-state index contributed by atoms with van der Waals surface area (Å²) in [5, 5.41) is 6.90. The van der Waals surface area contributed by atoms with Crippen LogP contribution in [-0.2, 0) is 5.41 Å². The Morgan fingerprint density at radius 3 is 2.28 bits per heavy atom. The maximum Gasteiger partial charge on any atom is 0.257 e. The van der Waals surface area contributed by atoms with Gasteiger partial charge in [-0.25, -0.2) is 0 Å². The van der Waals surface area contributed by atoms with Crippen LogP contribution in [0.25, 0.3) is 11.3 Å². The van der Waals surface area contributed by atoms with E-state index in [-0.39, 0.29) is 17.4 Å². The summed E-state index contributed by atoms with van der Waals surface area (Å²) in [6.07, 6.45) is 1.47. The molecule has 0 saturated heterocycles. The van der Waals surface area contributed by atoms with Crippen LogP contribution in [0.15, 0.2) is 71.4 Å². The lowest BCUT2D eigenvalue weighted by Gasteiger charge is -2.33. The summed E-state index contributed by atoms with van der Waals surface area (Å²) >= 11 is 0. The fraction of sp³-hybridized carbons (Fsp3) is 0.238. The average Bonchev–Trinajstić information content (AvgIpc) is 3.13. The second kappa shape index (κ2) is 6.93. The Kier molecular flexibility index (Phi) is 4.70. The van der Waals surface area contributed by atoms with Gasteiger partial charge < -0.3 is 9.84 Å². The number of amides is 1. The summed E-state index contributed by atoms with van der Waals surface area (Å²) in [5.74, 6) is 0.305. The Labute approximate surface area is 147 Å². The van der Waals surface area contributed by atoms with Crippen molar-refractivity contribution >= 4 is 5.91 Å². The number of nitrogens with one attached hydrogen (secondary N) is 1. The lowest BCUT2D eigenvalue weighted by molar-refractivity contribution is 0.0924. The summed E-state index contributed by atoms with van der Waals surface area (Å²) in [7, 11) is 0. The van der Waals surface area contributed by atoms with Gasteiger partial charge in [-0.15, -0.1) is 0 Å². The van der Waals surface area contributed by atoms with Gasteiger partial charge in [0, 0.05) is 17.0 Å². The first-order chi connectivity index (χ1) is 12.0. The van der Waals surface area contributed by atoms with Crippen LogP contribution in [0.5, 0.6) is 0 Å². The van der Waals surface area contributed by atoms with E-state index in [1.165, 1.54) is 11.8 Å². The van der Waals surface area contributed by atoms with Crippen LogP contribution in [0.2, 0.25) is 0 Å². The molecule has 0 aliphatic carbocycles. The predicted molar refractivity (Wildman–Crippen MR) is 98.3 cm³/mol. The van der Waals surface area contributed by atoms with Crippen LogP contribution < -0.4 is 5.32 Å². The summed E-state index contributed by atoms with van der Waals surface area (Å²) in [6.45, 7) is 6.26. The third kappa shape index (κ3) is 3.48. The van der Waals surface area contributed by atoms with E-state index in [2.05, 4.69) is 36.5 Å². The van der Waals surface area contributed by atoms with Crippen LogP contribution in [0.4, 0.5) is 0 Å². The molecule has 3 rings (SSSR count). The summed E-state index contributed by atoms with van der Waals surface area (Å²) in [6, 6.07) is 19.6. The molecule has 0 spiro atoms. The van der Waals surface area contributed by atoms with Crippen molar-refractivity contribution in [3.63, 3.8) is 0 Å². The summed E-state index contributed by atoms with van der Waals surface area (Å²) in [4.78, 5) is 12.8. The number of carbonyl (C=O) groups is 1. The second-order valence-corrected chi connectivity index (χ2v) is 6.72. The van der Waals surface area contributed by atoms with Gasteiger partial charge in [0.05, 0.1) is 6.20 Å². The lowest BCUT2D eigenvalue weighted by atomic mass is 9.78. The Bertz CT molecular complexity index is 839. The summed E-state index contributed by atoms with van der Waals surface area (Å²) < 4.78 is 5.31. The number of aromatic nitrogens is 1. The molecule has 0 fully saturated rings. The van der Waals surface area contributed by atoms with Gasteiger partial charge in [0.25, 0.3) is 5.91 Å². The molecule has 1 atom stereocenters. The zero-order chi connectivity index (χ0) is 17.9. The van der Waals surface area contributed by atoms with E-state index in [4.69, 9.17) is 4.52 Å². The number of carbonyl (C=O) groups excluding carboxylic acids is 1. The standard InChI is InChI=1S/C21H22N2O2/c1-15(21(2,3)17-12-8-5-9-13-17)23-20(24)18-14-22-25-19(18)16-10-6-4-7-11-16/h4-15H,1-3H3,(H,23,24). The summed E-state index contributed by atoms with van der Waals surface area (Å²) in [5.41, 5.74) is 2.25. The molecular weight excluding hydrogens is 312 g/mol. The lowest BCUT2D eigenvalue weighted by Crippen LogP contribution is -2.45. The zero-order valence-corrected chi connectivity index (χ0v) is 14.7. The fourth-order valence-corrected chi connectivity index (χ4v) is 2.77. The maximum absolute atomic E-state index is 12.8. The van der Waals surface area contributed by atoms with Crippen LogP contribution in [0, 0.1) is 0 Å². The van der Waals surface area contributed by atoms with Gasteiger partial charge in [0.15, 0.2) is 5.76 Å². The van der Waals surface area contributed by atoms with Crippen molar-refractivity contribution in [2.75, 3.05) is 0 Å². The third-order valence-electron chi connectivity index (χ3n) is 4.80. The first-order valence-electron chi connectivity index (χ1n) is 8.36. The monoisotopic (exact) mass is 334 g/mol.